The number of nitrogens with one attached hydrogen (secondary N) is 4. The van der Waals surface area contributed by atoms with Crippen molar-refractivity contribution in [1.29, 1.82) is 0 Å². The van der Waals surface area contributed by atoms with E-state index in [4.69, 9.17) is 29.2 Å². The molecule has 0 aromatic heterocycles. The van der Waals surface area contributed by atoms with Gasteiger partial charge in [-0.2, -0.15) is 11.8 Å². The Kier molecular flexibility index (Phi) is 43.3. The summed E-state index contributed by atoms with van der Waals surface area (Å²) in [5.41, 5.74) is 0. The molecular formula is C47H84N4O15S. The number of carboxylic acids is 3. The van der Waals surface area contributed by atoms with Gasteiger partial charge in [0.05, 0.1) is 44.7 Å². The van der Waals surface area contributed by atoms with Gasteiger partial charge in [0.15, 0.2) is 0 Å². The Morgan fingerprint density at radius 2 is 0.925 bits per heavy atom. The normalized spacial score (nSPS) is 12.0. The van der Waals surface area contributed by atoms with Crippen molar-refractivity contribution in [3.63, 3.8) is 0 Å². The third kappa shape index (κ3) is 44.4. The summed E-state index contributed by atoms with van der Waals surface area (Å²) in [4.78, 5) is 93.6. The van der Waals surface area contributed by atoms with Crippen LogP contribution in [0.15, 0.2) is 0 Å². The molecule has 0 bridgehead atoms. The zero-order valence-electron chi connectivity index (χ0n) is 40.3. The van der Waals surface area contributed by atoms with Crippen LogP contribution in [0.1, 0.15) is 155 Å². The molecule has 0 heterocycles. The number of ether oxygens (including phenoxy) is 4. The van der Waals surface area contributed by atoms with Crippen molar-refractivity contribution in [3.8, 4) is 0 Å². The first-order valence-corrected chi connectivity index (χ1v) is 25.7. The molecule has 67 heavy (non-hydrogen) atoms. The fourth-order valence-electron chi connectivity index (χ4n) is 6.61. The van der Waals surface area contributed by atoms with Crippen LogP contribution in [0.3, 0.4) is 0 Å². The number of carboxylic acid groups (broad SMARTS) is 3. The number of ketones is 1. The van der Waals surface area contributed by atoms with Gasteiger partial charge in [-0.25, -0.2) is 4.79 Å². The van der Waals surface area contributed by atoms with Gasteiger partial charge in [0.2, 0.25) is 23.6 Å². The van der Waals surface area contributed by atoms with Crippen LogP contribution in [0.4, 0.5) is 0 Å². The number of rotatable bonds is 50. The number of unbranched alkanes of at least 4 members (excludes halogenated alkanes) is 15. The first kappa shape index (κ1) is 63.1. The topological polar surface area (TPSA) is 282 Å². The van der Waals surface area contributed by atoms with Gasteiger partial charge in [0.25, 0.3) is 0 Å². The van der Waals surface area contributed by atoms with Crippen LogP contribution in [0.25, 0.3) is 0 Å². The maximum atomic E-state index is 12.4. The maximum Gasteiger partial charge on any atom is 0.326 e. The molecule has 0 aromatic rings. The van der Waals surface area contributed by atoms with E-state index in [9.17, 15) is 43.5 Å². The molecule has 0 aliphatic heterocycles. The van der Waals surface area contributed by atoms with E-state index in [0.29, 0.717) is 31.6 Å². The van der Waals surface area contributed by atoms with Crippen molar-refractivity contribution in [2.75, 3.05) is 84.0 Å². The first-order chi connectivity index (χ1) is 32.3. The molecule has 0 spiro atoms. The SMILES string of the molecule is CC[C@@H](CSCC(=O)NCCNC(=O)COCCOCCNC(=O)COCCOCCCC(=O)CC[C@H](NC(=O)CCCCCCCCCCCCCCCCCCC(=O)O)C(=O)O)C(=O)O. The van der Waals surface area contributed by atoms with Crippen molar-refractivity contribution in [3.05, 3.63) is 0 Å². The van der Waals surface area contributed by atoms with Crippen molar-refractivity contribution < 1.29 is 72.6 Å². The number of Topliss-reactive ketones (excluding diaryl/α,β-unsaturated/α-hetero) is 1. The molecule has 0 fully saturated rings. The highest BCUT2D eigenvalue weighted by Crippen LogP contribution is 2.15. The second kappa shape index (κ2) is 45.9. The monoisotopic (exact) mass is 977 g/mol. The zero-order valence-corrected chi connectivity index (χ0v) is 41.1. The van der Waals surface area contributed by atoms with E-state index in [2.05, 4.69) is 21.3 Å². The number of aliphatic carboxylic acids is 3. The average Bonchev–Trinajstić information content (AvgIpc) is 3.28. The van der Waals surface area contributed by atoms with Gasteiger partial charge >= 0.3 is 17.9 Å². The fraction of sp³-hybridized carbons (Fsp3) is 0.830. The van der Waals surface area contributed by atoms with Crippen LogP contribution in [0, 0.1) is 5.92 Å². The first-order valence-electron chi connectivity index (χ1n) is 24.5. The Labute approximate surface area is 402 Å². The van der Waals surface area contributed by atoms with E-state index in [1.165, 1.54) is 69.5 Å². The summed E-state index contributed by atoms with van der Waals surface area (Å²) in [5.74, 6) is -4.06. The quantitative estimate of drug-likeness (QED) is 0.0393. The van der Waals surface area contributed by atoms with Gasteiger partial charge in [0.1, 0.15) is 25.0 Å². The minimum Gasteiger partial charge on any atom is -0.481 e. The Bertz CT molecular complexity index is 1360. The average molecular weight is 977 g/mol. The fourth-order valence-corrected chi connectivity index (χ4v) is 7.68. The molecule has 0 aliphatic rings. The molecule has 0 saturated carbocycles. The largest absolute Gasteiger partial charge is 0.481 e. The van der Waals surface area contributed by atoms with Gasteiger partial charge in [-0.1, -0.05) is 96.8 Å². The highest BCUT2D eigenvalue weighted by Gasteiger charge is 2.21. The van der Waals surface area contributed by atoms with Crippen LogP contribution in [-0.2, 0) is 57.3 Å². The molecule has 7 N–H and O–H groups in total. The van der Waals surface area contributed by atoms with Crippen LogP contribution in [0.5, 0.6) is 0 Å². The number of amides is 4. The minimum absolute atomic E-state index is 0.0290. The number of hydrogen-bond acceptors (Lipinski definition) is 13. The van der Waals surface area contributed by atoms with Crippen LogP contribution in [0.2, 0.25) is 0 Å². The number of thioether (sulfide) groups is 1. The second-order valence-corrected chi connectivity index (χ2v) is 17.6. The summed E-state index contributed by atoms with van der Waals surface area (Å²) in [6.45, 7) is 3.47. The van der Waals surface area contributed by atoms with E-state index >= 15 is 0 Å². The Hall–Kier alpha value is -3.85. The summed E-state index contributed by atoms with van der Waals surface area (Å²) >= 11 is 1.25. The van der Waals surface area contributed by atoms with Crippen molar-refractivity contribution >= 4 is 59.1 Å². The number of hydrogen-bond donors (Lipinski definition) is 7. The van der Waals surface area contributed by atoms with Gasteiger partial charge in [-0.15, -0.1) is 0 Å². The lowest BCUT2D eigenvalue weighted by atomic mass is 10.0. The van der Waals surface area contributed by atoms with Crippen LogP contribution < -0.4 is 21.3 Å². The molecule has 0 aliphatic carbocycles. The third-order valence-corrected chi connectivity index (χ3v) is 11.7. The second-order valence-electron chi connectivity index (χ2n) is 16.5. The van der Waals surface area contributed by atoms with E-state index in [1.54, 1.807) is 6.92 Å². The standard InChI is InChI=1S/C47H84N4O15S/c1-2-38(46(59)60)36-67-37-44(56)49-26-25-48-42(54)34-66-33-31-64-29-27-50-43(55)35-65-32-30-63-28-19-20-39(52)23-24-40(47(61)62)51-41(53)21-17-15-13-11-9-7-5-3-4-6-8-10-12-14-16-18-22-45(57)58/h38,40H,2-37H2,1H3,(H,48,54)(H,49,56)(H,50,55)(H,51,53)(H,57,58)(H,59,60)(H,61,62)/t38-,40-/m0/s1. The summed E-state index contributed by atoms with van der Waals surface area (Å²) in [5, 5.41) is 37.7. The highest BCUT2D eigenvalue weighted by molar-refractivity contribution is 7.99. The van der Waals surface area contributed by atoms with E-state index in [-0.39, 0.29) is 133 Å². The molecule has 2 atom stereocenters. The van der Waals surface area contributed by atoms with E-state index in [1.807, 2.05) is 0 Å². The summed E-state index contributed by atoms with van der Waals surface area (Å²) in [7, 11) is 0. The molecule has 4 amide bonds. The minimum atomic E-state index is -1.16. The molecule has 388 valence electrons. The summed E-state index contributed by atoms with van der Waals surface area (Å²) in [6, 6.07) is -1.11. The third-order valence-electron chi connectivity index (χ3n) is 10.6. The lowest BCUT2D eigenvalue weighted by Gasteiger charge is -2.14. The van der Waals surface area contributed by atoms with Gasteiger partial charge in [0, 0.05) is 57.7 Å². The Morgan fingerprint density at radius 3 is 1.42 bits per heavy atom. The maximum absolute atomic E-state index is 12.4. The van der Waals surface area contributed by atoms with Crippen LogP contribution in [-0.4, -0.2) is 153 Å². The molecule has 0 radical (unpaired) electrons. The molecule has 0 unspecified atom stereocenters. The van der Waals surface area contributed by atoms with Gasteiger partial charge < -0.3 is 55.5 Å². The molecule has 20 heteroatoms. The lowest BCUT2D eigenvalue weighted by molar-refractivity contribution is -0.142. The number of carbonyl (C=O) groups excluding carboxylic acids is 5. The smallest absolute Gasteiger partial charge is 0.326 e. The Balaban J connectivity index is 3.65. The summed E-state index contributed by atoms with van der Waals surface area (Å²) < 4.78 is 21.4. The van der Waals surface area contributed by atoms with Crippen molar-refractivity contribution in [2.45, 2.75) is 161 Å². The summed E-state index contributed by atoms with van der Waals surface area (Å²) in [6.07, 6.45) is 19.6. The Morgan fingerprint density at radius 1 is 0.463 bits per heavy atom. The van der Waals surface area contributed by atoms with Gasteiger partial charge in [-0.05, 0) is 32.1 Å². The predicted molar refractivity (Wildman–Crippen MR) is 255 cm³/mol. The molecule has 0 aromatic carbocycles. The van der Waals surface area contributed by atoms with Crippen LogP contribution >= 0.6 is 11.8 Å². The molecule has 0 saturated heterocycles. The number of carbonyl (C=O) groups is 8. The van der Waals surface area contributed by atoms with E-state index in [0.717, 1.165) is 38.5 Å². The highest BCUT2D eigenvalue weighted by atomic mass is 32.2. The molecule has 0 rings (SSSR count). The van der Waals surface area contributed by atoms with Gasteiger partial charge in [-0.3, -0.25) is 33.6 Å². The zero-order chi connectivity index (χ0) is 49.6. The van der Waals surface area contributed by atoms with E-state index < -0.39 is 29.9 Å². The lowest BCUT2D eigenvalue weighted by Crippen LogP contribution is -2.41. The molecule has 19 nitrogen and oxygen atoms in total. The van der Waals surface area contributed by atoms with Crippen molar-refractivity contribution in [1.82, 2.24) is 21.3 Å². The van der Waals surface area contributed by atoms with Crippen molar-refractivity contribution in [2.24, 2.45) is 5.92 Å². The predicted octanol–water partition coefficient (Wildman–Crippen LogP) is 5.05. The molecular weight excluding hydrogens is 893 g/mol.